The Kier molecular flexibility index (Phi) is 5.28. The molecule has 3 heteroatoms. The molecule has 0 spiro atoms. The van der Waals surface area contributed by atoms with Crippen molar-refractivity contribution in [1.29, 1.82) is 0 Å². The highest BCUT2D eigenvalue weighted by molar-refractivity contribution is 9.10. The van der Waals surface area contributed by atoms with E-state index in [9.17, 15) is 0 Å². The number of hydrogen-bond acceptors (Lipinski definition) is 2. The summed E-state index contributed by atoms with van der Waals surface area (Å²) in [5, 5.41) is 3.68. The Hall–Kier alpha value is -0.540. The van der Waals surface area contributed by atoms with Gasteiger partial charge in [0.05, 0.1) is 0 Å². The first-order valence-corrected chi connectivity index (χ1v) is 8.15. The molecule has 19 heavy (non-hydrogen) atoms. The topological polar surface area (TPSA) is 15.3 Å². The Bertz CT molecular complexity index is 419. The van der Waals surface area contributed by atoms with E-state index in [1.807, 2.05) is 0 Å². The number of aryl methyl sites for hydroxylation is 1. The quantitative estimate of drug-likeness (QED) is 0.901. The van der Waals surface area contributed by atoms with E-state index >= 15 is 0 Å². The fourth-order valence-corrected chi connectivity index (χ4v) is 3.27. The number of benzene rings is 1. The number of piperidine rings is 1. The largest absolute Gasteiger partial charge is 0.371 e. The molecule has 2 rings (SSSR count). The van der Waals surface area contributed by atoms with Gasteiger partial charge in [-0.05, 0) is 49.9 Å². The molecule has 1 N–H and O–H groups in total. The molecule has 1 heterocycles. The van der Waals surface area contributed by atoms with Crippen LogP contribution in [0.25, 0.3) is 0 Å². The van der Waals surface area contributed by atoms with Gasteiger partial charge in [0.1, 0.15) is 0 Å². The Balaban J connectivity index is 2.03. The lowest BCUT2D eigenvalue weighted by Gasteiger charge is -2.39. The molecule has 0 bridgehead atoms. The van der Waals surface area contributed by atoms with Crippen LogP contribution < -0.4 is 10.2 Å². The molecule has 1 saturated heterocycles. The third kappa shape index (κ3) is 3.73. The van der Waals surface area contributed by atoms with E-state index in [2.05, 4.69) is 65.1 Å². The van der Waals surface area contributed by atoms with E-state index in [0.717, 1.165) is 19.6 Å². The number of rotatable bonds is 4. The van der Waals surface area contributed by atoms with Crippen molar-refractivity contribution in [3.05, 3.63) is 28.2 Å². The van der Waals surface area contributed by atoms with Crippen LogP contribution in [0.1, 0.15) is 32.3 Å². The maximum Gasteiger partial charge on any atom is 0.0407 e. The minimum Gasteiger partial charge on any atom is -0.371 e. The molecule has 1 aromatic rings. The number of halogens is 1. The molecule has 0 radical (unpaired) electrons. The van der Waals surface area contributed by atoms with Gasteiger partial charge in [0.15, 0.2) is 0 Å². The standard InChI is InChI=1S/C16H25BrN2/c1-4-8-18-15-7-9-19(11-13(15)3)16-10-14(17)6-5-12(16)2/h5-6,10,13,15,18H,4,7-9,11H2,1-3H3. The first-order chi connectivity index (χ1) is 9.11. The van der Waals surface area contributed by atoms with Crippen molar-refractivity contribution in [2.75, 3.05) is 24.5 Å². The Morgan fingerprint density at radius 3 is 2.89 bits per heavy atom. The Labute approximate surface area is 125 Å². The summed E-state index contributed by atoms with van der Waals surface area (Å²) in [5.74, 6) is 0.707. The Morgan fingerprint density at radius 2 is 2.21 bits per heavy atom. The lowest BCUT2D eigenvalue weighted by Crippen LogP contribution is -2.48. The van der Waals surface area contributed by atoms with Gasteiger partial charge in [0.2, 0.25) is 0 Å². The molecule has 1 aliphatic heterocycles. The summed E-state index contributed by atoms with van der Waals surface area (Å²) < 4.78 is 1.17. The van der Waals surface area contributed by atoms with Gasteiger partial charge < -0.3 is 10.2 Å². The molecular weight excluding hydrogens is 300 g/mol. The summed E-state index contributed by atoms with van der Waals surface area (Å²) in [6, 6.07) is 7.26. The average Bonchev–Trinajstić information content (AvgIpc) is 2.40. The first-order valence-electron chi connectivity index (χ1n) is 7.36. The van der Waals surface area contributed by atoms with Crippen LogP contribution in [-0.2, 0) is 0 Å². The van der Waals surface area contributed by atoms with Gasteiger partial charge in [-0.15, -0.1) is 0 Å². The van der Waals surface area contributed by atoms with Gasteiger partial charge in [-0.2, -0.15) is 0 Å². The highest BCUT2D eigenvalue weighted by Gasteiger charge is 2.26. The van der Waals surface area contributed by atoms with E-state index in [1.54, 1.807) is 0 Å². The first kappa shape index (κ1) is 14.9. The maximum atomic E-state index is 3.68. The Morgan fingerprint density at radius 1 is 1.42 bits per heavy atom. The SMILES string of the molecule is CCCNC1CCN(c2cc(Br)ccc2C)CC1C. The molecule has 106 valence electrons. The number of anilines is 1. The highest BCUT2D eigenvalue weighted by atomic mass is 79.9. The van der Waals surface area contributed by atoms with Gasteiger partial charge in [-0.25, -0.2) is 0 Å². The zero-order chi connectivity index (χ0) is 13.8. The highest BCUT2D eigenvalue weighted by Crippen LogP contribution is 2.28. The van der Waals surface area contributed by atoms with Gasteiger partial charge in [-0.1, -0.05) is 35.8 Å². The molecular formula is C16H25BrN2. The van der Waals surface area contributed by atoms with Crippen molar-refractivity contribution in [2.24, 2.45) is 5.92 Å². The molecule has 0 aromatic heterocycles. The van der Waals surface area contributed by atoms with Gasteiger partial charge in [0.25, 0.3) is 0 Å². The fourth-order valence-electron chi connectivity index (χ4n) is 2.92. The van der Waals surface area contributed by atoms with E-state index in [-0.39, 0.29) is 0 Å². The maximum absolute atomic E-state index is 3.68. The average molecular weight is 325 g/mol. The summed E-state index contributed by atoms with van der Waals surface area (Å²) in [5.41, 5.74) is 2.76. The second-order valence-electron chi connectivity index (χ2n) is 5.70. The monoisotopic (exact) mass is 324 g/mol. The summed E-state index contributed by atoms with van der Waals surface area (Å²) in [6.07, 6.45) is 2.46. The van der Waals surface area contributed by atoms with Crippen molar-refractivity contribution in [3.8, 4) is 0 Å². The molecule has 0 saturated carbocycles. The molecule has 1 fully saturated rings. The van der Waals surface area contributed by atoms with Crippen molar-refractivity contribution in [3.63, 3.8) is 0 Å². The fraction of sp³-hybridized carbons (Fsp3) is 0.625. The zero-order valence-electron chi connectivity index (χ0n) is 12.2. The van der Waals surface area contributed by atoms with Crippen molar-refractivity contribution < 1.29 is 0 Å². The number of nitrogens with zero attached hydrogens (tertiary/aromatic N) is 1. The van der Waals surface area contributed by atoms with Crippen LogP contribution in [0.5, 0.6) is 0 Å². The number of nitrogens with one attached hydrogen (secondary N) is 1. The molecule has 2 nitrogen and oxygen atoms in total. The van der Waals surface area contributed by atoms with E-state index in [0.29, 0.717) is 12.0 Å². The van der Waals surface area contributed by atoms with Gasteiger partial charge in [0, 0.05) is 29.3 Å². The second kappa shape index (κ2) is 6.76. The van der Waals surface area contributed by atoms with Crippen LogP contribution in [0.2, 0.25) is 0 Å². The normalized spacial score (nSPS) is 23.7. The minimum atomic E-state index is 0.684. The zero-order valence-corrected chi connectivity index (χ0v) is 13.8. The van der Waals surface area contributed by atoms with Crippen molar-refractivity contribution in [1.82, 2.24) is 5.32 Å². The van der Waals surface area contributed by atoms with Crippen LogP contribution in [0.4, 0.5) is 5.69 Å². The van der Waals surface area contributed by atoms with E-state index in [4.69, 9.17) is 0 Å². The summed E-state index contributed by atoms with van der Waals surface area (Å²) >= 11 is 3.59. The lowest BCUT2D eigenvalue weighted by atomic mass is 9.93. The van der Waals surface area contributed by atoms with Crippen LogP contribution >= 0.6 is 15.9 Å². The third-order valence-electron chi connectivity index (χ3n) is 4.07. The molecule has 2 atom stereocenters. The van der Waals surface area contributed by atoms with E-state index in [1.165, 1.54) is 28.6 Å². The third-order valence-corrected chi connectivity index (χ3v) is 4.57. The van der Waals surface area contributed by atoms with Crippen molar-refractivity contribution in [2.45, 2.75) is 39.7 Å². The predicted octanol–water partition coefficient (Wildman–Crippen LogP) is 3.97. The second-order valence-corrected chi connectivity index (χ2v) is 6.62. The lowest BCUT2D eigenvalue weighted by molar-refractivity contribution is 0.322. The van der Waals surface area contributed by atoms with Crippen molar-refractivity contribution >= 4 is 21.6 Å². The summed E-state index contributed by atoms with van der Waals surface area (Å²) in [7, 11) is 0. The van der Waals surface area contributed by atoms with Crippen LogP contribution in [-0.4, -0.2) is 25.7 Å². The minimum absolute atomic E-state index is 0.684. The predicted molar refractivity (Wildman–Crippen MR) is 87.0 cm³/mol. The molecule has 1 aromatic carbocycles. The summed E-state index contributed by atoms with van der Waals surface area (Å²) in [4.78, 5) is 2.54. The molecule has 0 aliphatic carbocycles. The summed E-state index contributed by atoms with van der Waals surface area (Å²) in [6.45, 7) is 10.3. The number of hydrogen-bond donors (Lipinski definition) is 1. The van der Waals surface area contributed by atoms with Gasteiger partial charge >= 0.3 is 0 Å². The van der Waals surface area contributed by atoms with Crippen LogP contribution in [0, 0.1) is 12.8 Å². The van der Waals surface area contributed by atoms with Crippen LogP contribution in [0.15, 0.2) is 22.7 Å². The molecule has 2 unspecified atom stereocenters. The van der Waals surface area contributed by atoms with Gasteiger partial charge in [-0.3, -0.25) is 0 Å². The molecule has 1 aliphatic rings. The smallest absolute Gasteiger partial charge is 0.0407 e. The van der Waals surface area contributed by atoms with E-state index < -0.39 is 0 Å². The molecule has 0 amide bonds. The van der Waals surface area contributed by atoms with Crippen LogP contribution in [0.3, 0.4) is 0 Å².